The van der Waals surface area contributed by atoms with Crippen molar-refractivity contribution in [3.8, 4) is 5.75 Å². The molecule has 1 aliphatic carbocycles. The SMILES string of the molecule is O=C1CCC(N2Cc3cc(N4CCC(CN5CCC(N6Cc7cc(NC(=O)c8cnn9cccnc89)c(OC8=CC8)cc7C6=O)CC5)CC4)ccc3C2=O)C(=O)N1. The van der Waals surface area contributed by atoms with Crippen LogP contribution >= 0.6 is 0 Å². The van der Waals surface area contributed by atoms with Gasteiger partial charge < -0.3 is 29.7 Å². The predicted molar refractivity (Wildman–Crippen MR) is 207 cm³/mol. The van der Waals surface area contributed by atoms with Crippen LogP contribution in [0.4, 0.5) is 11.4 Å². The summed E-state index contributed by atoms with van der Waals surface area (Å²) >= 11 is 0. The molecule has 5 aliphatic heterocycles. The first-order valence-corrected chi connectivity index (χ1v) is 19.9. The number of amides is 5. The Balaban J connectivity index is 0.729. The van der Waals surface area contributed by atoms with Gasteiger partial charge in [0.05, 0.1) is 11.9 Å². The summed E-state index contributed by atoms with van der Waals surface area (Å²) in [7, 11) is 0. The van der Waals surface area contributed by atoms with Gasteiger partial charge >= 0.3 is 0 Å². The molecule has 7 heterocycles. The molecule has 5 amide bonds. The smallest absolute Gasteiger partial charge is 0.261 e. The van der Waals surface area contributed by atoms with E-state index in [4.69, 9.17) is 4.74 Å². The fourth-order valence-electron chi connectivity index (χ4n) is 9.19. The van der Waals surface area contributed by atoms with Gasteiger partial charge in [0.1, 0.15) is 17.4 Å². The van der Waals surface area contributed by atoms with Crippen LogP contribution in [0.1, 0.15) is 87.1 Å². The summed E-state index contributed by atoms with van der Waals surface area (Å²) < 4.78 is 7.64. The molecule has 6 aliphatic rings. The van der Waals surface area contributed by atoms with Crippen molar-refractivity contribution in [2.24, 2.45) is 5.92 Å². The third-order valence-electron chi connectivity index (χ3n) is 12.4. The molecule has 15 nitrogen and oxygen atoms in total. The Morgan fingerprint density at radius 3 is 2.46 bits per heavy atom. The van der Waals surface area contributed by atoms with Gasteiger partial charge in [0.15, 0.2) is 11.4 Å². The number of carbonyl (C=O) groups excluding carboxylic acids is 5. The molecular formula is C42H43N9O6. The number of nitrogens with zero attached hydrogens (tertiary/aromatic N) is 7. The number of hydrogen-bond donors (Lipinski definition) is 2. The Kier molecular flexibility index (Phi) is 8.76. The number of benzene rings is 2. The lowest BCUT2D eigenvalue weighted by Crippen LogP contribution is -2.52. The monoisotopic (exact) mass is 769 g/mol. The van der Waals surface area contributed by atoms with Gasteiger partial charge in [-0.1, -0.05) is 0 Å². The number of anilines is 2. The lowest BCUT2D eigenvalue weighted by atomic mass is 9.94. The number of rotatable bonds is 9. The Bertz CT molecular complexity index is 2370. The molecule has 2 aromatic carbocycles. The molecule has 0 radical (unpaired) electrons. The number of carbonyl (C=O) groups is 5. The van der Waals surface area contributed by atoms with Crippen LogP contribution in [0.5, 0.6) is 5.75 Å². The molecule has 292 valence electrons. The van der Waals surface area contributed by atoms with E-state index < -0.39 is 11.9 Å². The lowest BCUT2D eigenvalue weighted by molar-refractivity contribution is -0.136. The first-order valence-electron chi connectivity index (χ1n) is 19.9. The van der Waals surface area contributed by atoms with Gasteiger partial charge in [-0.3, -0.25) is 29.3 Å². The minimum absolute atomic E-state index is 0.00903. The quantitative estimate of drug-likeness (QED) is 0.240. The van der Waals surface area contributed by atoms with Crippen molar-refractivity contribution in [2.45, 2.75) is 70.1 Å². The Morgan fingerprint density at radius 1 is 0.895 bits per heavy atom. The molecule has 0 saturated carbocycles. The van der Waals surface area contributed by atoms with E-state index in [1.54, 1.807) is 33.9 Å². The fraction of sp³-hybridized carbons (Fsp3) is 0.405. The van der Waals surface area contributed by atoms with Crippen LogP contribution in [0.15, 0.2) is 66.8 Å². The van der Waals surface area contributed by atoms with Gasteiger partial charge in [-0.15, -0.1) is 0 Å². The molecule has 1 atom stereocenters. The topological polar surface area (TPSA) is 162 Å². The zero-order valence-corrected chi connectivity index (χ0v) is 31.5. The summed E-state index contributed by atoms with van der Waals surface area (Å²) in [5, 5.41) is 9.62. The second-order valence-corrected chi connectivity index (χ2v) is 16.0. The molecule has 3 fully saturated rings. The van der Waals surface area contributed by atoms with Gasteiger partial charge in [0, 0.05) is 93.9 Å². The van der Waals surface area contributed by atoms with Crippen LogP contribution in [0.25, 0.3) is 5.65 Å². The van der Waals surface area contributed by atoms with Gasteiger partial charge in [-0.05, 0) is 91.6 Å². The number of ether oxygens (including phenoxy) is 1. The normalized spacial score (nSPS) is 21.5. The maximum Gasteiger partial charge on any atom is 0.261 e. The third kappa shape index (κ3) is 6.68. The molecule has 2 N–H and O–H groups in total. The average molecular weight is 770 g/mol. The minimum atomic E-state index is -0.611. The van der Waals surface area contributed by atoms with E-state index >= 15 is 0 Å². The molecule has 1 unspecified atom stereocenters. The molecule has 4 aromatic rings. The van der Waals surface area contributed by atoms with E-state index in [1.165, 1.54) is 6.20 Å². The number of piperidine rings is 3. The number of imide groups is 1. The van der Waals surface area contributed by atoms with Crippen molar-refractivity contribution >= 4 is 46.6 Å². The Morgan fingerprint density at radius 2 is 1.67 bits per heavy atom. The highest BCUT2D eigenvalue weighted by Gasteiger charge is 2.40. The first kappa shape index (κ1) is 35.3. The van der Waals surface area contributed by atoms with E-state index in [2.05, 4.69) is 36.6 Å². The highest BCUT2D eigenvalue weighted by atomic mass is 16.5. The molecule has 0 bridgehead atoms. The standard InChI is InChI=1S/C42H43N9O6/c52-37-7-6-35(40(54)46-37)50-24-26-18-29(2-5-31(26)41(50)55)48-16-8-25(9-17-48)22-47-14-10-28(11-15-47)49-23-27-19-34(36(57-30-3-4-30)20-32(27)42(49)56)45-39(53)33-21-44-51-13-1-12-43-38(33)51/h1-3,5,12-13,18-21,25,28,35H,4,6-11,14-17,22-24H2,(H,45,53)(H,46,52,54). The zero-order valence-electron chi connectivity index (χ0n) is 31.5. The Labute approximate surface area is 328 Å². The number of likely N-dealkylation sites (tertiary alicyclic amines) is 1. The van der Waals surface area contributed by atoms with Gasteiger partial charge in [-0.25, -0.2) is 9.50 Å². The fourth-order valence-corrected chi connectivity index (χ4v) is 9.19. The van der Waals surface area contributed by atoms with E-state index in [0.29, 0.717) is 59.2 Å². The molecule has 2 aromatic heterocycles. The highest BCUT2D eigenvalue weighted by molar-refractivity contribution is 6.09. The predicted octanol–water partition coefficient (Wildman–Crippen LogP) is 3.75. The van der Waals surface area contributed by atoms with E-state index in [-0.39, 0.29) is 36.1 Å². The largest absolute Gasteiger partial charge is 0.460 e. The van der Waals surface area contributed by atoms with Crippen molar-refractivity contribution in [1.82, 2.24) is 34.6 Å². The molecule has 0 spiro atoms. The van der Waals surface area contributed by atoms with Gasteiger partial charge in [0.2, 0.25) is 11.8 Å². The number of fused-ring (bicyclic) bond motifs is 3. The van der Waals surface area contributed by atoms with Crippen LogP contribution in [-0.4, -0.2) is 104 Å². The molecular weight excluding hydrogens is 727 g/mol. The summed E-state index contributed by atoms with van der Waals surface area (Å²) in [6, 6.07) is 10.9. The molecule has 57 heavy (non-hydrogen) atoms. The third-order valence-corrected chi connectivity index (χ3v) is 12.4. The summed E-state index contributed by atoms with van der Waals surface area (Å²) in [6.45, 7) is 5.66. The summed E-state index contributed by atoms with van der Waals surface area (Å²) in [4.78, 5) is 77.4. The van der Waals surface area contributed by atoms with Gasteiger partial charge in [0.25, 0.3) is 17.7 Å². The number of allylic oxidation sites excluding steroid dienone is 2. The summed E-state index contributed by atoms with van der Waals surface area (Å²) in [6.07, 6.45) is 12.1. The van der Waals surface area contributed by atoms with Crippen LogP contribution in [0, 0.1) is 5.92 Å². The van der Waals surface area contributed by atoms with Crippen LogP contribution in [0.3, 0.4) is 0 Å². The Hall–Kier alpha value is -6.09. The van der Waals surface area contributed by atoms with Crippen molar-refractivity contribution < 1.29 is 28.7 Å². The van der Waals surface area contributed by atoms with Crippen LogP contribution in [0.2, 0.25) is 0 Å². The lowest BCUT2D eigenvalue weighted by Gasteiger charge is -2.40. The van der Waals surface area contributed by atoms with Crippen molar-refractivity contribution in [3.05, 3.63) is 94.6 Å². The zero-order chi connectivity index (χ0) is 38.8. The average Bonchev–Trinajstić information content (AvgIpc) is 3.71. The molecule has 3 saturated heterocycles. The van der Waals surface area contributed by atoms with Crippen molar-refractivity contribution in [2.75, 3.05) is 42.9 Å². The number of nitrogens with one attached hydrogen (secondary N) is 2. The van der Waals surface area contributed by atoms with E-state index in [0.717, 1.165) is 87.4 Å². The van der Waals surface area contributed by atoms with E-state index in [1.807, 2.05) is 29.2 Å². The number of aromatic nitrogens is 3. The highest BCUT2D eigenvalue weighted by Crippen LogP contribution is 2.39. The number of hydrogen-bond acceptors (Lipinski definition) is 10. The second kappa shape index (κ2) is 14.1. The van der Waals surface area contributed by atoms with Crippen molar-refractivity contribution in [1.29, 1.82) is 0 Å². The first-order chi connectivity index (χ1) is 27.8. The maximum absolute atomic E-state index is 13.8. The van der Waals surface area contributed by atoms with Crippen molar-refractivity contribution in [3.63, 3.8) is 0 Å². The second-order valence-electron chi connectivity index (χ2n) is 16.0. The van der Waals surface area contributed by atoms with Crippen LogP contribution < -0.4 is 20.3 Å². The summed E-state index contributed by atoms with van der Waals surface area (Å²) in [5.41, 5.74) is 5.49. The molecule has 15 heteroatoms. The minimum Gasteiger partial charge on any atom is -0.460 e. The summed E-state index contributed by atoms with van der Waals surface area (Å²) in [5.74, 6) is 0.683. The van der Waals surface area contributed by atoms with Gasteiger partial charge in [-0.2, -0.15) is 5.10 Å². The van der Waals surface area contributed by atoms with Crippen LogP contribution in [-0.2, 0) is 22.7 Å². The maximum atomic E-state index is 13.8. The molecule has 10 rings (SSSR count). The van der Waals surface area contributed by atoms with E-state index in [9.17, 15) is 24.0 Å².